The van der Waals surface area contributed by atoms with E-state index in [-0.39, 0.29) is 0 Å². The van der Waals surface area contributed by atoms with Gasteiger partial charge in [-0.15, -0.1) is 0 Å². The summed E-state index contributed by atoms with van der Waals surface area (Å²) in [4.78, 5) is 3.92. The third-order valence-electron chi connectivity index (χ3n) is 1.74. The molecule has 1 aromatic heterocycles. The third-order valence-corrected chi connectivity index (χ3v) is 1.74. The maximum Gasteiger partial charge on any atom is 0.126 e. The van der Waals surface area contributed by atoms with Crippen molar-refractivity contribution in [1.29, 1.82) is 0 Å². The number of ether oxygens (including phenoxy) is 1. The fourth-order valence-corrected chi connectivity index (χ4v) is 1.13. The second kappa shape index (κ2) is 4.79. The summed E-state index contributed by atoms with van der Waals surface area (Å²) in [5.41, 5.74) is 6.46. The zero-order valence-electron chi connectivity index (χ0n) is 7.60. The predicted molar refractivity (Wildman–Crippen MR) is 50.2 cm³/mol. The van der Waals surface area contributed by atoms with E-state index in [1.54, 1.807) is 19.4 Å². The van der Waals surface area contributed by atoms with Crippen LogP contribution in [0.1, 0.15) is 5.56 Å². The first-order chi connectivity index (χ1) is 6.24. The number of methoxy groups -OCH3 is 1. The lowest BCUT2D eigenvalue weighted by Crippen LogP contribution is -2.17. The van der Waals surface area contributed by atoms with E-state index in [4.69, 9.17) is 10.5 Å². The highest BCUT2D eigenvalue weighted by atomic mass is 16.5. The van der Waals surface area contributed by atoms with Crippen molar-refractivity contribution in [2.24, 2.45) is 0 Å². The Hall–Kier alpha value is -1.13. The Morgan fingerprint density at radius 2 is 2.46 bits per heavy atom. The number of aliphatic hydroxyl groups excluding tert-OH is 1. The number of aromatic nitrogens is 1. The zero-order valence-corrected chi connectivity index (χ0v) is 7.60. The second-order valence-corrected chi connectivity index (χ2v) is 2.86. The maximum absolute atomic E-state index is 9.42. The van der Waals surface area contributed by atoms with E-state index in [2.05, 4.69) is 4.98 Å². The zero-order chi connectivity index (χ0) is 9.68. The summed E-state index contributed by atoms with van der Waals surface area (Å²) in [7, 11) is 1.55. The Labute approximate surface area is 77.4 Å². The molecule has 0 aromatic carbocycles. The van der Waals surface area contributed by atoms with Crippen LogP contribution in [-0.2, 0) is 11.2 Å². The lowest BCUT2D eigenvalue weighted by molar-refractivity contribution is 0.0651. The van der Waals surface area contributed by atoms with Gasteiger partial charge in [0.2, 0.25) is 0 Å². The minimum absolute atomic E-state index is 0.314. The molecular formula is C9H14N2O2. The summed E-state index contributed by atoms with van der Waals surface area (Å²) in [6.07, 6.45) is 1.59. The molecule has 0 saturated carbocycles. The van der Waals surface area contributed by atoms with Gasteiger partial charge in [-0.3, -0.25) is 0 Å². The number of nitrogen functional groups attached to an aromatic ring is 1. The number of nitrogens with zero attached hydrogens (tertiary/aromatic N) is 1. The number of aliphatic hydroxyl groups is 1. The smallest absolute Gasteiger partial charge is 0.126 e. The lowest BCUT2D eigenvalue weighted by atomic mass is 10.1. The van der Waals surface area contributed by atoms with Gasteiger partial charge in [-0.2, -0.15) is 0 Å². The van der Waals surface area contributed by atoms with E-state index in [1.807, 2.05) is 6.07 Å². The van der Waals surface area contributed by atoms with Crippen LogP contribution in [0.2, 0.25) is 0 Å². The molecule has 0 bridgehead atoms. The number of pyridine rings is 1. The third kappa shape index (κ3) is 3.01. The van der Waals surface area contributed by atoms with Gasteiger partial charge in [0.15, 0.2) is 0 Å². The van der Waals surface area contributed by atoms with Crippen LogP contribution in [0.5, 0.6) is 0 Å². The van der Waals surface area contributed by atoms with Gasteiger partial charge in [0.25, 0.3) is 0 Å². The maximum atomic E-state index is 9.42. The molecule has 13 heavy (non-hydrogen) atoms. The minimum Gasteiger partial charge on any atom is -0.390 e. The van der Waals surface area contributed by atoms with E-state index < -0.39 is 6.10 Å². The molecular weight excluding hydrogens is 168 g/mol. The van der Waals surface area contributed by atoms with Gasteiger partial charge in [0.05, 0.1) is 12.7 Å². The first-order valence-corrected chi connectivity index (χ1v) is 4.10. The first-order valence-electron chi connectivity index (χ1n) is 4.10. The van der Waals surface area contributed by atoms with Crippen LogP contribution in [0.15, 0.2) is 18.3 Å². The highest BCUT2D eigenvalue weighted by Crippen LogP contribution is 2.09. The van der Waals surface area contributed by atoms with Crippen molar-refractivity contribution in [2.75, 3.05) is 19.5 Å². The summed E-state index contributed by atoms with van der Waals surface area (Å²) in [5.74, 6) is 0.470. The Morgan fingerprint density at radius 3 is 3.08 bits per heavy atom. The molecule has 1 atom stereocenters. The molecule has 4 nitrogen and oxygen atoms in total. The molecule has 0 saturated heterocycles. The predicted octanol–water partition coefficient (Wildman–Crippen LogP) is 0.214. The molecule has 0 spiro atoms. The summed E-state index contributed by atoms with van der Waals surface area (Å²) < 4.78 is 4.80. The summed E-state index contributed by atoms with van der Waals surface area (Å²) in [6, 6.07) is 3.65. The van der Waals surface area contributed by atoms with Crippen molar-refractivity contribution in [2.45, 2.75) is 12.5 Å². The van der Waals surface area contributed by atoms with E-state index in [0.29, 0.717) is 18.8 Å². The molecule has 0 aliphatic heterocycles. The summed E-state index contributed by atoms with van der Waals surface area (Å²) in [6.45, 7) is 0.314. The molecule has 0 fully saturated rings. The van der Waals surface area contributed by atoms with Gasteiger partial charge in [-0.1, -0.05) is 6.07 Å². The Kier molecular flexibility index (Phi) is 3.67. The molecule has 0 aliphatic rings. The highest BCUT2D eigenvalue weighted by molar-refractivity contribution is 5.38. The Morgan fingerprint density at radius 1 is 1.69 bits per heavy atom. The van der Waals surface area contributed by atoms with Crippen molar-refractivity contribution in [1.82, 2.24) is 4.98 Å². The molecule has 1 aromatic rings. The summed E-state index contributed by atoms with van der Waals surface area (Å²) >= 11 is 0. The lowest BCUT2D eigenvalue weighted by Gasteiger charge is -2.09. The first kappa shape index (κ1) is 9.95. The topological polar surface area (TPSA) is 68.4 Å². The average molecular weight is 182 g/mol. The van der Waals surface area contributed by atoms with Crippen LogP contribution >= 0.6 is 0 Å². The quantitative estimate of drug-likeness (QED) is 0.698. The van der Waals surface area contributed by atoms with Gasteiger partial charge >= 0.3 is 0 Å². The SMILES string of the molecule is COCC(O)Cc1cccnc1N. The Balaban J connectivity index is 2.58. The standard InChI is InChI=1S/C9H14N2O2/c1-13-6-8(12)5-7-3-2-4-11-9(7)10/h2-4,8,12H,5-6H2,1H3,(H2,10,11). The average Bonchev–Trinajstić information content (AvgIpc) is 2.09. The molecule has 3 N–H and O–H groups in total. The number of hydrogen-bond acceptors (Lipinski definition) is 4. The van der Waals surface area contributed by atoms with Gasteiger partial charge in [-0.05, 0) is 11.6 Å². The van der Waals surface area contributed by atoms with Crippen molar-refractivity contribution in [3.05, 3.63) is 23.9 Å². The van der Waals surface area contributed by atoms with E-state index in [1.165, 1.54) is 0 Å². The molecule has 0 radical (unpaired) electrons. The fourth-order valence-electron chi connectivity index (χ4n) is 1.13. The molecule has 1 heterocycles. The van der Waals surface area contributed by atoms with Gasteiger partial charge in [0, 0.05) is 19.7 Å². The second-order valence-electron chi connectivity index (χ2n) is 2.86. The van der Waals surface area contributed by atoms with Gasteiger partial charge < -0.3 is 15.6 Å². The fraction of sp³-hybridized carbons (Fsp3) is 0.444. The van der Waals surface area contributed by atoms with Crippen molar-refractivity contribution in [3.63, 3.8) is 0 Å². The van der Waals surface area contributed by atoms with Crippen molar-refractivity contribution < 1.29 is 9.84 Å². The summed E-state index contributed by atoms with van der Waals surface area (Å²) in [5, 5.41) is 9.42. The molecule has 1 unspecified atom stereocenters. The van der Waals surface area contributed by atoms with Crippen LogP contribution < -0.4 is 5.73 Å². The van der Waals surface area contributed by atoms with E-state index in [9.17, 15) is 5.11 Å². The normalized spacial score (nSPS) is 12.8. The number of hydrogen-bond donors (Lipinski definition) is 2. The molecule has 4 heteroatoms. The van der Waals surface area contributed by atoms with Crippen LogP contribution in [0, 0.1) is 0 Å². The number of anilines is 1. The minimum atomic E-state index is -0.517. The van der Waals surface area contributed by atoms with E-state index >= 15 is 0 Å². The van der Waals surface area contributed by atoms with E-state index in [0.717, 1.165) is 5.56 Å². The molecule has 0 aliphatic carbocycles. The van der Waals surface area contributed by atoms with Crippen LogP contribution in [0.4, 0.5) is 5.82 Å². The van der Waals surface area contributed by atoms with Gasteiger partial charge in [0.1, 0.15) is 5.82 Å². The van der Waals surface area contributed by atoms with Crippen molar-refractivity contribution in [3.8, 4) is 0 Å². The number of rotatable bonds is 4. The largest absolute Gasteiger partial charge is 0.390 e. The molecule has 72 valence electrons. The monoisotopic (exact) mass is 182 g/mol. The van der Waals surface area contributed by atoms with Crippen LogP contribution in [0.3, 0.4) is 0 Å². The highest BCUT2D eigenvalue weighted by Gasteiger charge is 2.07. The Bertz CT molecular complexity index is 266. The molecule has 0 amide bonds. The van der Waals surface area contributed by atoms with Crippen molar-refractivity contribution >= 4 is 5.82 Å². The molecule has 1 rings (SSSR count). The van der Waals surface area contributed by atoms with Gasteiger partial charge in [-0.25, -0.2) is 4.98 Å². The van der Waals surface area contributed by atoms with Crippen LogP contribution in [-0.4, -0.2) is 29.9 Å². The number of nitrogens with two attached hydrogens (primary N) is 1. The van der Waals surface area contributed by atoms with Crippen LogP contribution in [0.25, 0.3) is 0 Å².